The maximum absolute atomic E-state index is 11.9. The van der Waals surface area contributed by atoms with Crippen LogP contribution in [0.15, 0.2) is 12.2 Å². The third-order valence-electron chi connectivity index (χ3n) is 4.86. The van der Waals surface area contributed by atoms with Gasteiger partial charge < -0.3 is 14.9 Å². The summed E-state index contributed by atoms with van der Waals surface area (Å²) in [7, 11) is 0. The molecule has 28 heavy (non-hydrogen) atoms. The molecule has 0 aromatic heterocycles. The van der Waals surface area contributed by atoms with Crippen molar-refractivity contribution in [2.24, 2.45) is 0 Å². The van der Waals surface area contributed by atoms with Gasteiger partial charge in [-0.25, -0.2) is 0 Å². The van der Waals surface area contributed by atoms with Crippen molar-refractivity contribution in [1.29, 1.82) is 0 Å². The smallest absolute Gasteiger partial charge is 0.303 e. The van der Waals surface area contributed by atoms with Crippen molar-refractivity contribution in [3.63, 3.8) is 0 Å². The molecule has 0 spiro atoms. The number of hydrogen-bond donors (Lipinski definition) is 2. The lowest BCUT2D eigenvalue weighted by atomic mass is 10.0. The van der Waals surface area contributed by atoms with Crippen molar-refractivity contribution in [3.8, 4) is 0 Å². The molecule has 0 bridgehead atoms. The Balaban J connectivity index is 3.54. The fraction of sp³-hybridized carbons (Fsp3) is 0.826. The van der Waals surface area contributed by atoms with Crippen LogP contribution in [0.5, 0.6) is 0 Å². The van der Waals surface area contributed by atoms with E-state index < -0.39 is 24.8 Å². The fourth-order valence-electron chi connectivity index (χ4n) is 3.14. The molecule has 0 fully saturated rings. The van der Waals surface area contributed by atoms with Gasteiger partial charge in [0.2, 0.25) is 0 Å². The Hall–Kier alpha value is -1.20. The number of unbranched alkanes of at least 4 members (excludes halogenated alkanes) is 11. The first kappa shape index (κ1) is 26.8. The molecule has 0 rings (SSSR count). The highest BCUT2D eigenvalue weighted by Crippen LogP contribution is 2.12. The molecule has 164 valence electrons. The quantitative estimate of drug-likeness (QED) is 0.184. The van der Waals surface area contributed by atoms with E-state index in [9.17, 15) is 14.7 Å². The van der Waals surface area contributed by atoms with Crippen LogP contribution >= 0.6 is 0 Å². The van der Waals surface area contributed by atoms with Crippen LogP contribution in [0.4, 0.5) is 0 Å². The Morgan fingerprint density at radius 3 is 1.86 bits per heavy atom. The van der Waals surface area contributed by atoms with E-state index in [-0.39, 0.29) is 12.2 Å². The van der Waals surface area contributed by atoms with Gasteiger partial charge >= 0.3 is 5.97 Å². The number of esters is 1. The lowest BCUT2D eigenvalue weighted by molar-refractivity contribution is -0.159. The third-order valence-corrected chi connectivity index (χ3v) is 4.86. The van der Waals surface area contributed by atoms with Crippen molar-refractivity contribution < 1.29 is 24.5 Å². The van der Waals surface area contributed by atoms with E-state index in [0.717, 1.165) is 25.7 Å². The van der Waals surface area contributed by atoms with Gasteiger partial charge in [0.25, 0.3) is 0 Å². The van der Waals surface area contributed by atoms with Crippen LogP contribution in [0.1, 0.15) is 104 Å². The second-order valence-electron chi connectivity index (χ2n) is 7.58. The largest absolute Gasteiger partial charge is 0.457 e. The predicted octanol–water partition coefficient (Wildman–Crippen LogP) is 4.88. The van der Waals surface area contributed by atoms with Gasteiger partial charge in [0.05, 0.1) is 6.61 Å². The summed E-state index contributed by atoms with van der Waals surface area (Å²) in [5, 5.41) is 19.0. The molecule has 0 aliphatic rings. The van der Waals surface area contributed by atoms with Crippen molar-refractivity contribution in [2.45, 2.75) is 116 Å². The number of Topliss-reactive ketones (excluding diaryl/α,β-unsaturated/α-hetero) is 1. The van der Waals surface area contributed by atoms with E-state index >= 15 is 0 Å². The van der Waals surface area contributed by atoms with Crippen LogP contribution in [0, 0.1) is 0 Å². The third kappa shape index (κ3) is 15.8. The number of allylic oxidation sites excluding steroid dienone is 2. The minimum atomic E-state index is -1.44. The Bertz CT molecular complexity index is 419. The minimum absolute atomic E-state index is 0.247. The van der Waals surface area contributed by atoms with Gasteiger partial charge in [-0.3, -0.25) is 9.59 Å². The number of aliphatic hydroxyl groups excluding tert-OH is 2. The Kier molecular flexibility index (Phi) is 18.3. The molecule has 0 aromatic carbocycles. The molecule has 0 aromatic rings. The van der Waals surface area contributed by atoms with Crippen LogP contribution in [0.3, 0.4) is 0 Å². The molecule has 0 saturated heterocycles. The number of ether oxygens (including phenoxy) is 1. The number of ketones is 1. The average molecular weight is 399 g/mol. The zero-order valence-corrected chi connectivity index (χ0v) is 18.0. The Morgan fingerprint density at radius 2 is 1.36 bits per heavy atom. The zero-order valence-electron chi connectivity index (χ0n) is 18.0. The normalized spacial score (nSPS) is 13.6. The monoisotopic (exact) mass is 398 g/mol. The number of carbonyl (C=O) groups excluding carboxylic acids is 2. The summed E-state index contributed by atoms with van der Waals surface area (Å²) in [6, 6.07) is 0. The van der Waals surface area contributed by atoms with E-state index in [1.807, 2.05) is 0 Å². The second-order valence-corrected chi connectivity index (χ2v) is 7.58. The highest BCUT2D eigenvalue weighted by molar-refractivity contribution is 5.83. The fourth-order valence-corrected chi connectivity index (χ4v) is 3.14. The van der Waals surface area contributed by atoms with Crippen molar-refractivity contribution >= 4 is 11.8 Å². The van der Waals surface area contributed by atoms with Crippen molar-refractivity contribution in [2.75, 3.05) is 6.61 Å². The van der Waals surface area contributed by atoms with Crippen LogP contribution in [0.2, 0.25) is 0 Å². The molecule has 5 heteroatoms. The van der Waals surface area contributed by atoms with Crippen molar-refractivity contribution in [3.05, 3.63) is 12.2 Å². The summed E-state index contributed by atoms with van der Waals surface area (Å²) in [5.74, 6) is -0.996. The first-order valence-electron chi connectivity index (χ1n) is 11.2. The van der Waals surface area contributed by atoms with Gasteiger partial charge in [0.1, 0.15) is 0 Å². The van der Waals surface area contributed by atoms with Gasteiger partial charge in [0.15, 0.2) is 18.0 Å². The first-order chi connectivity index (χ1) is 13.5. The number of carbonyl (C=O) groups is 2. The Morgan fingerprint density at radius 1 is 0.857 bits per heavy atom. The summed E-state index contributed by atoms with van der Waals surface area (Å²) in [6.45, 7) is 2.87. The summed E-state index contributed by atoms with van der Waals surface area (Å²) in [6.07, 6.45) is 17.6. The standard InChI is InChI=1S/C23H42O5/c1-3-4-5-6-7-8-9-10-11-12-13-14-15-16-17-18-21(26)23(27)22(19-24)28-20(2)25/h10-11,22-24,27H,3-9,12-19H2,1-2H3/b11-10-/t22-,23?/m0/s1. The molecule has 5 nitrogen and oxygen atoms in total. The zero-order chi connectivity index (χ0) is 21.0. The molecule has 0 aliphatic carbocycles. The molecular weight excluding hydrogens is 356 g/mol. The maximum atomic E-state index is 11.9. The maximum Gasteiger partial charge on any atom is 0.303 e. The highest BCUT2D eigenvalue weighted by atomic mass is 16.6. The van der Waals surface area contributed by atoms with Gasteiger partial charge in [-0.1, -0.05) is 70.4 Å². The van der Waals surface area contributed by atoms with Crippen LogP contribution in [-0.2, 0) is 14.3 Å². The molecule has 0 saturated carbocycles. The Labute approximate surface area is 171 Å². The molecule has 0 radical (unpaired) electrons. The lowest BCUT2D eigenvalue weighted by Gasteiger charge is -2.19. The minimum Gasteiger partial charge on any atom is -0.457 e. The van der Waals surface area contributed by atoms with Crippen LogP contribution < -0.4 is 0 Å². The summed E-state index contributed by atoms with van der Waals surface area (Å²) < 4.78 is 4.74. The molecule has 2 atom stereocenters. The van der Waals surface area contributed by atoms with Gasteiger partial charge in [0, 0.05) is 13.3 Å². The first-order valence-corrected chi connectivity index (χ1v) is 11.2. The summed E-state index contributed by atoms with van der Waals surface area (Å²) in [4.78, 5) is 22.8. The van der Waals surface area contributed by atoms with Gasteiger partial charge in [-0.2, -0.15) is 0 Å². The number of rotatable bonds is 19. The van der Waals surface area contributed by atoms with E-state index in [0.29, 0.717) is 6.42 Å². The van der Waals surface area contributed by atoms with Crippen LogP contribution in [-0.4, -0.2) is 40.8 Å². The van der Waals surface area contributed by atoms with E-state index in [2.05, 4.69) is 19.1 Å². The van der Waals surface area contributed by atoms with Crippen LogP contribution in [0.25, 0.3) is 0 Å². The van der Waals surface area contributed by atoms with E-state index in [4.69, 9.17) is 9.84 Å². The number of aliphatic hydroxyl groups is 2. The van der Waals surface area contributed by atoms with E-state index in [1.54, 1.807) is 0 Å². The van der Waals surface area contributed by atoms with Gasteiger partial charge in [-0.15, -0.1) is 0 Å². The molecule has 0 amide bonds. The van der Waals surface area contributed by atoms with Gasteiger partial charge in [-0.05, 0) is 32.1 Å². The molecular formula is C23H42O5. The van der Waals surface area contributed by atoms with Crippen molar-refractivity contribution in [1.82, 2.24) is 0 Å². The number of hydrogen-bond acceptors (Lipinski definition) is 5. The highest BCUT2D eigenvalue weighted by Gasteiger charge is 2.27. The molecule has 1 unspecified atom stereocenters. The molecule has 2 N–H and O–H groups in total. The molecule has 0 heterocycles. The SMILES string of the molecule is CCCCCCCC/C=C\CCCCCCCC(=O)C(O)[C@H](CO)OC(C)=O. The van der Waals surface area contributed by atoms with E-state index in [1.165, 1.54) is 58.3 Å². The lowest BCUT2D eigenvalue weighted by Crippen LogP contribution is -2.39. The topological polar surface area (TPSA) is 83.8 Å². The summed E-state index contributed by atoms with van der Waals surface area (Å²) in [5.41, 5.74) is 0. The molecule has 0 aliphatic heterocycles. The summed E-state index contributed by atoms with van der Waals surface area (Å²) >= 11 is 0. The second kappa shape index (κ2) is 19.1. The average Bonchev–Trinajstić information content (AvgIpc) is 2.68. The predicted molar refractivity (Wildman–Crippen MR) is 113 cm³/mol.